The van der Waals surface area contributed by atoms with E-state index in [1.807, 2.05) is 71.9 Å². The summed E-state index contributed by atoms with van der Waals surface area (Å²) in [6.07, 6.45) is 2.44. The lowest BCUT2D eigenvalue weighted by Crippen LogP contribution is -2.61. The monoisotopic (exact) mass is 612 g/mol. The second-order valence-corrected chi connectivity index (χ2v) is 13.2. The van der Waals surface area contributed by atoms with Crippen LogP contribution in [-0.2, 0) is 30.5 Å². The van der Waals surface area contributed by atoms with Crippen LogP contribution in [0, 0.1) is 17.8 Å². The summed E-state index contributed by atoms with van der Waals surface area (Å²) >= 11 is 0. The molecule has 44 heavy (non-hydrogen) atoms. The van der Waals surface area contributed by atoms with Gasteiger partial charge in [-0.2, -0.15) is 0 Å². The van der Waals surface area contributed by atoms with E-state index in [0.717, 1.165) is 5.56 Å². The van der Waals surface area contributed by atoms with Gasteiger partial charge in [0, 0.05) is 26.7 Å². The summed E-state index contributed by atoms with van der Waals surface area (Å²) in [4.78, 5) is 72.3. The van der Waals surface area contributed by atoms with Crippen LogP contribution in [0.25, 0.3) is 0 Å². The molecule has 2 aliphatic rings. The summed E-state index contributed by atoms with van der Waals surface area (Å²) in [7, 11) is 1.58. The third-order valence-corrected chi connectivity index (χ3v) is 8.87. The van der Waals surface area contributed by atoms with Crippen molar-refractivity contribution in [2.24, 2.45) is 23.5 Å². The number of hydrogen-bond donors (Lipinski definition) is 3. The molecule has 11 heteroatoms. The van der Waals surface area contributed by atoms with Crippen LogP contribution in [0.3, 0.4) is 0 Å². The van der Waals surface area contributed by atoms with Crippen molar-refractivity contribution in [1.29, 1.82) is 0 Å². The molecule has 2 saturated heterocycles. The molecule has 0 saturated carbocycles. The molecule has 0 aliphatic carbocycles. The first kappa shape index (κ1) is 35.0. The van der Waals surface area contributed by atoms with Gasteiger partial charge in [0.2, 0.25) is 29.5 Å². The molecule has 0 bridgehead atoms. The molecule has 0 radical (unpaired) electrons. The molecule has 5 atom stereocenters. The van der Waals surface area contributed by atoms with Gasteiger partial charge in [0.1, 0.15) is 24.2 Å². The molecule has 4 N–H and O–H groups in total. The van der Waals surface area contributed by atoms with E-state index in [1.165, 1.54) is 4.90 Å². The number of likely N-dealkylation sites (tertiary alicyclic amines) is 2. The van der Waals surface area contributed by atoms with Gasteiger partial charge in [-0.3, -0.25) is 24.0 Å². The minimum Gasteiger partial charge on any atom is -0.350 e. The number of hydrogen-bond acceptors (Lipinski definition) is 6. The zero-order chi connectivity index (χ0) is 32.7. The van der Waals surface area contributed by atoms with Crippen molar-refractivity contribution in [3.05, 3.63) is 35.9 Å². The van der Waals surface area contributed by atoms with Crippen LogP contribution in [0.2, 0.25) is 0 Å². The Morgan fingerprint density at radius 1 is 0.864 bits per heavy atom. The van der Waals surface area contributed by atoms with Gasteiger partial charge in [0.25, 0.3) is 0 Å². The number of amides is 5. The van der Waals surface area contributed by atoms with Crippen molar-refractivity contribution < 1.29 is 24.0 Å². The molecule has 2 aliphatic heterocycles. The number of likely N-dealkylation sites (N-methyl/N-ethyl adjacent to an activating group) is 1. The Kier molecular flexibility index (Phi) is 12.3. The van der Waals surface area contributed by atoms with Crippen molar-refractivity contribution in [3.8, 4) is 0 Å². The van der Waals surface area contributed by atoms with E-state index in [-0.39, 0.29) is 41.4 Å². The summed E-state index contributed by atoms with van der Waals surface area (Å²) in [5, 5.41) is 5.76. The number of rotatable bonds is 12. The lowest BCUT2D eigenvalue weighted by atomic mass is 9.96. The van der Waals surface area contributed by atoms with Crippen molar-refractivity contribution in [1.82, 2.24) is 25.3 Å². The fourth-order valence-electron chi connectivity index (χ4n) is 6.17. The fraction of sp³-hybridized carbons (Fsp3) is 0.667. The van der Waals surface area contributed by atoms with Gasteiger partial charge in [-0.15, -0.1) is 0 Å². The number of nitrogens with one attached hydrogen (secondary N) is 2. The Balaban J connectivity index is 1.74. The van der Waals surface area contributed by atoms with E-state index >= 15 is 0 Å². The van der Waals surface area contributed by atoms with Crippen LogP contribution in [0.5, 0.6) is 0 Å². The third kappa shape index (κ3) is 8.16. The van der Waals surface area contributed by atoms with E-state index in [0.29, 0.717) is 45.3 Å². The second-order valence-electron chi connectivity index (χ2n) is 13.2. The first-order valence-corrected chi connectivity index (χ1v) is 16.0. The summed E-state index contributed by atoms with van der Waals surface area (Å²) in [5.41, 5.74) is 7.01. The zero-order valence-electron chi connectivity index (χ0n) is 27.4. The molecule has 11 nitrogen and oxygen atoms in total. The van der Waals surface area contributed by atoms with Crippen LogP contribution in [0.1, 0.15) is 72.8 Å². The minimum atomic E-state index is -0.859. The third-order valence-electron chi connectivity index (χ3n) is 8.87. The average Bonchev–Trinajstić information content (AvgIpc) is 3.68. The van der Waals surface area contributed by atoms with Gasteiger partial charge in [-0.25, -0.2) is 0 Å². The van der Waals surface area contributed by atoms with E-state index in [2.05, 4.69) is 10.6 Å². The predicted molar refractivity (Wildman–Crippen MR) is 169 cm³/mol. The zero-order valence-corrected chi connectivity index (χ0v) is 27.4. The second kappa shape index (κ2) is 15.5. The van der Waals surface area contributed by atoms with Crippen molar-refractivity contribution >= 4 is 29.5 Å². The number of carbonyl (C=O) groups is 5. The summed E-state index contributed by atoms with van der Waals surface area (Å²) < 4.78 is 0. The average molecular weight is 613 g/mol. The highest BCUT2D eigenvalue weighted by Gasteiger charge is 2.45. The molecular weight excluding hydrogens is 560 g/mol. The van der Waals surface area contributed by atoms with Gasteiger partial charge in [0.15, 0.2) is 0 Å². The van der Waals surface area contributed by atoms with Gasteiger partial charge in [0.05, 0.1) is 6.04 Å². The van der Waals surface area contributed by atoms with Crippen LogP contribution < -0.4 is 16.4 Å². The molecule has 1 aromatic rings. The lowest BCUT2D eigenvalue weighted by Gasteiger charge is -2.38. The maximum atomic E-state index is 14.1. The number of nitrogens with zero attached hydrogens (tertiary/aromatic N) is 3. The van der Waals surface area contributed by atoms with Gasteiger partial charge in [-0.05, 0) is 49.0 Å². The quantitative estimate of drug-likeness (QED) is 0.329. The van der Waals surface area contributed by atoms with Crippen molar-refractivity contribution in [2.75, 3.05) is 20.1 Å². The van der Waals surface area contributed by atoms with E-state index in [9.17, 15) is 24.0 Å². The summed E-state index contributed by atoms with van der Waals surface area (Å²) in [5.74, 6) is -2.10. The van der Waals surface area contributed by atoms with Crippen LogP contribution in [0.15, 0.2) is 30.3 Å². The largest absolute Gasteiger partial charge is 0.350 e. The Morgan fingerprint density at radius 2 is 1.45 bits per heavy atom. The number of nitrogens with two attached hydrogens (primary N) is 1. The molecule has 2 fully saturated rings. The van der Waals surface area contributed by atoms with E-state index < -0.39 is 36.1 Å². The normalized spacial score (nSPS) is 20.5. The predicted octanol–water partition coefficient (Wildman–Crippen LogP) is 1.89. The first-order valence-electron chi connectivity index (χ1n) is 16.0. The molecule has 2 heterocycles. The van der Waals surface area contributed by atoms with E-state index in [1.54, 1.807) is 16.8 Å². The van der Waals surface area contributed by atoms with Gasteiger partial charge < -0.3 is 31.1 Å². The van der Waals surface area contributed by atoms with Crippen LogP contribution in [0.4, 0.5) is 0 Å². The minimum absolute atomic E-state index is 0.101. The lowest BCUT2D eigenvalue weighted by molar-refractivity contribution is -0.153. The topological polar surface area (TPSA) is 145 Å². The van der Waals surface area contributed by atoms with E-state index in [4.69, 9.17) is 5.73 Å². The van der Waals surface area contributed by atoms with Crippen LogP contribution >= 0.6 is 0 Å². The highest BCUT2D eigenvalue weighted by molar-refractivity contribution is 5.96. The Morgan fingerprint density at radius 3 is 2.02 bits per heavy atom. The maximum Gasteiger partial charge on any atom is 0.246 e. The molecule has 1 aromatic carbocycles. The SMILES string of the molecule is CC(C)[C@H](N)C(=O)N[C@H](C(=O)N(C)[C@H](C(=O)N1CCC[C@H]1C(=O)N1CCC[C@H]1C(=O)NCc1ccccc1)C(C)C)C(C)C. The van der Waals surface area contributed by atoms with Crippen LogP contribution in [-0.4, -0.2) is 94.6 Å². The number of carbonyl (C=O) groups excluding carboxylic acids is 5. The standard InChI is InChI=1S/C33H52N6O5/c1-20(2)26(34)30(41)36-27(21(3)4)32(43)37(7)28(22(5)6)33(44)39-18-12-16-25(39)31(42)38-17-11-15-24(38)29(40)35-19-23-13-9-8-10-14-23/h8-10,13-14,20-22,24-28H,11-12,15-19,34H2,1-7H3,(H,35,40)(H,36,41)/t24-,25-,26-,27-,28-/m0/s1. The maximum absolute atomic E-state index is 14.1. The fourth-order valence-corrected chi connectivity index (χ4v) is 6.17. The Hall–Kier alpha value is -3.47. The Labute approximate surface area is 262 Å². The summed E-state index contributed by atoms with van der Waals surface area (Å²) in [6.45, 7) is 12.3. The summed E-state index contributed by atoms with van der Waals surface area (Å²) in [6, 6.07) is 5.88. The smallest absolute Gasteiger partial charge is 0.246 e. The molecule has 244 valence electrons. The highest BCUT2D eigenvalue weighted by atomic mass is 16.2. The molecule has 0 spiro atoms. The molecule has 5 amide bonds. The highest BCUT2D eigenvalue weighted by Crippen LogP contribution is 2.27. The Bertz CT molecular complexity index is 1170. The van der Waals surface area contributed by atoms with Crippen molar-refractivity contribution in [3.63, 3.8) is 0 Å². The van der Waals surface area contributed by atoms with Gasteiger partial charge in [-0.1, -0.05) is 71.9 Å². The van der Waals surface area contributed by atoms with Crippen molar-refractivity contribution in [2.45, 2.75) is 104 Å². The molecule has 0 unspecified atom stereocenters. The van der Waals surface area contributed by atoms with Gasteiger partial charge >= 0.3 is 0 Å². The molecule has 0 aromatic heterocycles. The first-order chi connectivity index (χ1) is 20.8. The number of benzene rings is 1. The molecule has 3 rings (SSSR count). The molecular formula is C33H52N6O5.